The summed E-state index contributed by atoms with van der Waals surface area (Å²) in [6.45, 7) is 0.300. The minimum absolute atomic E-state index is 0.152. The molecule has 2 N–H and O–H groups in total. The molecule has 0 spiro atoms. The highest BCUT2D eigenvalue weighted by atomic mass is 16.5. The summed E-state index contributed by atoms with van der Waals surface area (Å²) in [5, 5.41) is 12.9. The van der Waals surface area contributed by atoms with E-state index in [2.05, 4.69) is 5.32 Å². The van der Waals surface area contributed by atoms with Crippen molar-refractivity contribution in [1.29, 1.82) is 0 Å². The number of nitrogens with one attached hydrogen (secondary N) is 1. The number of carbonyl (C=O) groups excluding carboxylic acids is 1. The number of aliphatic hydroxyl groups excluding tert-OH is 1. The highest BCUT2D eigenvalue weighted by molar-refractivity contribution is 5.67. The highest BCUT2D eigenvalue weighted by Gasteiger charge is 2.42. The summed E-state index contributed by atoms with van der Waals surface area (Å²) in [5.41, 5.74) is 0.988. The van der Waals surface area contributed by atoms with Crippen LogP contribution in [-0.2, 0) is 11.3 Å². The maximum atomic E-state index is 11.8. The number of hydrogen-bond acceptors (Lipinski definition) is 3. The summed E-state index contributed by atoms with van der Waals surface area (Å²) in [5.74, 6) is 0.710. The lowest BCUT2D eigenvalue weighted by molar-refractivity contribution is 0.0450. The molecule has 0 aliphatic heterocycles. The van der Waals surface area contributed by atoms with Gasteiger partial charge in [-0.1, -0.05) is 30.3 Å². The fraction of sp³-hybridized carbons (Fsp3) is 0.562. The number of rotatable bonds is 3. The maximum absolute atomic E-state index is 11.8. The van der Waals surface area contributed by atoms with Gasteiger partial charge in [0.05, 0.1) is 6.10 Å². The van der Waals surface area contributed by atoms with E-state index in [0.717, 1.165) is 31.2 Å². The molecular weight excluding hydrogens is 254 g/mol. The van der Waals surface area contributed by atoms with E-state index in [1.165, 1.54) is 0 Å². The van der Waals surface area contributed by atoms with Crippen LogP contribution in [0, 0.1) is 11.8 Å². The topological polar surface area (TPSA) is 58.6 Å². The van der Waals surface area contributed by atoms with Crippen LogP contribution in [0.3, 0.4) is 0 Å². The van der Waals surface area contributed by atoms with E-state index in [1.807, 2.05) is 30.3 Å². The third-order valence-corrected chi connectivity index (χ3v) is 4.58. The number of amides is 1. The van der Waals surface area contributed by atoms with Crippen LogP contribution in [0.4, 0.5) is 4.79 Å². The number of ether oxygens (including phenoxy) is 1. The Labute approximate surface area is 119 Å². The summed E-state index contributed by atoms with van der Waals surface area (Å²) >= 11 is 0. The normalized spacial score (nSPS) is 31.9. The second-order valence-electron chi connectivity index (χ2n) is 5.96. The lowest BCUT2D eigenvalue weighted by Gasteiger charge is -2.32. The fourth-order valence-corrected chi connectivity index (χ4v) is 3.55. The van der Waals surface area contributed by atoms with Crippen LogP contribution in [0.25, 0.3) is 0 Å². The van der Waals surface area contributed by atoms with Gasteiger partial charge in [-0.15, -0.1) is 0 Å². The van der Waals surface area contributed by atoms with Gasteiger partial charge in [0.1, 0.15) is 6.61 Å². The molecule has 108 valence electrons. The Hall–Kier alpha value is -1.55. The second-order valence-corrected chi connectivity index (χ2v) is 5.96. The van der Waals surface area contributed by atoms with E-state index in [1.54, 1.807) is 0 Å². The first-order valence-corrected chi connectivity index (χ1v) is 7.37. The molecule has 1 aromatic carbocycles. The molecule has 3 rings (SSSR count). The highest BCUT2D eigenvalue weighted by Crippen LogP contribution is 2.42. The van der Waals surface area contributed by atoms with Crippen LogP contribution >= 0.6 is 0 Å². The number of carbonyl (C=O) groups is 1. The quantitative estimate of drug-likeness (QED) is 0.891. The number of alkyl carbamates (subject to hydrolysis) is 1. The zero-order valence-corrected chi connectivity index (χ0v) is 11.5. The summed E-state index contributed by atoms with van der Waals surface area (Å²) in [6.07, 6.45) is 3.41. The molecule has 0 radical (unpaired) electrons. The molecule has 2 unspecified atom stereocenters. The molecule has 0 aromatic heterocycles. The molecule has 0 saturated heterocycles. The SMILES string of the molecule is O=C(NC1C[C@H]2CC[C@@H](C1)C2O)OCc1ccccc1. The fourth-order valence-electron chi connectivity index (χ4n) is 3.55. The van der Waals surface area contributed by atoms with Gasteiger partial charge in [-0.3, -0.25) is 0 Å². The average molecular weight is 275 g/mol. The second kappa shape index (κ2) is 5.83. The lowest BCUT2D eigenvalue weighted by Crippen LogP contribution is -2.43. The summed E-state index contributed by atoms with van der Waals surface area (Å²) in [7, 11) is 0. The largest absolute Gasteiger partial charge is 0.445 e. The lowest BCUT2D eigenvalue weighted by atomic mass is 9.83. The van der Waals surface area contributed by atoms with Gasteiger partial charge in [0.2, 0.25) is 0 Å². The van der Waals surface area contributed by atoms with E-state index >= 15 is 0 Å². The van der Waals surface area contributed by atoms with Gasteiger partial charge < -0.3 is 15.2 Å². The smallest absolute Gasteiger partial charge is 0.407 e. The first-order chi connectivity index (χ1) is 9.72. The van der Waals surface area contributed by atoms with Crippen molar-refractivity contribution in [2.75, 3.05) is 0 Å². The molecule has 4 nitrogen and oxygen atoms in total. The molecule has 1 amide bonds. The Morgan fingerprint density at radius 1 is 1.20 bits per heavy atom. The summed E-state index contributed by atoms with van der Waals surface area (Å²) in [4.78, 5) is 11.8. The first-order valence-electron chi connectivity index (χ1n) is 7.37. The predicted molar refractivity (Wildman–Crippen MR) is 75.0 cm³/mol. The van der Waals surface area contributed by atoms with Crippen LogP contribution in [0.5, 0.6) is 0 Å². The van der Waals surface area contributed by atoms with Crippen molar-refractivity contribution >= 4 is 6.09 Å². The number of hydrogen-bond donors (Lipinski definition) is 2. The number of aliphatic hydroxyl groups is 1. The van der Waals surface area contributed by atoms with E-state index in [9.17, 15) is 9.90 Å². The standard InChI is InChI=1S/C16H21NO3/c18-15-12-6-7-13(15)9-14(8-12)17-16(19)20-10-11-4-2-1-3-5-11/h1-5,12-15,18H,6-10H2,(H,17,19)/t12-,13+,14?,15?. The zero-order valence-electron chi connectivity index (χ0n) is 11.5. The molecule has 2 bridgehead atoms. The molecule has 0 heterocycles. The van der Waals surface area contributed by atoms with E-state index in [-0.39, 0.29) is 18.2 Å². The van der Waals surface area contributed by atoms with Gasteiger partial charge in [0, 0.05) is 6.04 Å². The Balaban J connectivity index is 1.45. The van der Waals surface area contributed by atoms with Gasteiger partial charge >= 0.3 is 6.09 Å². The maximum Gasteiger partial charge on any atom is 0.407 e. The third kappa shape index (κ3) is 2.96. The minimum Gasteiger partial charge on any atom is -0.445 e. The monoisotopic (exact) mass is 275 g/mol. The van der Waals surface area contributed by atoms with Crippen molar-refractivity contribution in [2.24, 2.45) is 11.8 Å². The Bertz CT molecular complexity index is 448. The van der Waals surface area contributed by atoms with Crippen LogP contribution in [-0.4, -0.2) is 23.3 Å². The molecule has 2 saturated carbocycles. The van der Waals surface area contributed by atoms with Gasteiger partial charge in [0.15, 0.2) is 0 Å². The van der Waals surface area contributed by atoms with Crippen LogP contribution in [0.1, 0.15) is 31.2 Å². The van der Waals surface area contributed by atoms with Crippen molar-refractivity contribution in [1.82, 2.24) is 5.32 Å². The van der Waals surface area contributed by atoms with E-state index < -0.39 is 0 Å². The van der Waals surface area contributed by atoms with Gasteiger partial charge in [-0.05, 0) is 43.1 Å². The van der Waals surface area contributed by atoms with E-state index in [0.29, 0.717) is 18.4 Å². The minimum atomic E-state index is -0.352. The zero-order chi connectivity index (χ0) is 13.9. The molecule has 2 aliphatic rings. The third-order valence-electron chi connectivity index (χ3n) is 4.58. The van der Waals surface area contributed by atoms with Gasteiger partial charge in [-0.2, -0.15) is 0 Å². The number of fused-ring (bicyclic) bond motifs is 2. The first kappa shape index (κ1) is 13.4. The van der Waals surface area contributed by atoms with Crippen molar-refractivity contribution in [3.63, 3.8) is 0 Å². The molecule has 20 heavy (non-hydrogen) atoms. The van der Waals surface area contributed by atoms with E-state index in [4.69, 9.17) is 4.74 Å². The molecule has 2 aliphatic carbocycles. The predicted octanol–water partition coefficient (Wildman–Crippen LogP) is 2.46. The Morgan fingerprint density at radius 3 is 2.50 bits per heavy atom. The van der Waals surface area contributed by atoms with Crippen molar-refractivity contribution in [3.8, 4) is 0 Å². The molecule has 4 atom stereocenters. The summed E-state index contributed by atoms with van der Waals surface area (Å²) < 4.78 is 5.24. The molecule has 1 aromatic rings. The van der Waals surface area contributed by atoms with Crippen LogP contribution in [0.2, 0.25) is 0 Å². The van der Waals surface area contributed by atoms with Crippen molar-refractivity contribution < 1.29 is 14.6 Å². The van der Waals surface area contributed by atoms with Gasteiger partial charge in [-0.25, -0.2) is 4.79 Å². The molecular formula is C16H21NO3. The van der Waals surface area contributed by atoms with Gasteiger partial charge in [0.25, 0.3) is 0 Å². The van der Waals surface area contributed by atoms with Crippen molar-refractivity contribution in [3.05, 3.63) is 35.9 Å². The van der Waals surface area contributed by atoms with Crippen LogP contribution < -0.4 is 5.32 Å². The molecule has 2 fully saturated rings. The summed E-state index contributed by atoms with van der Waals surface area (Å²) in [6, 6.07) is 9.81. The van der Waals surface area contributed by atoms with Crippen LogP contribution in [0.15, 0.2) is 30.3 Å². The van der Waals surface area contributed by atoms with Crippen molar-refractivity contribution in [2.45, 2.75) is 44.4 Å². The Morgan fingerprint density at radius 2 is 1.85 bits per heavy atom. The molecule has 4 heteroatoms. The number of benzene rings is 1. The Kier molecular flexibility index (Phi) is 3.92. The average Bonchev–Trinajstić information content (AvgIpc) is 2.68.